The molecule has 1 unspecified atom stereocenters. The smallest absolute Gasteiger partial charge is 0.300 e. The summed E-state index contributed by atoms with van der Waals surface area (Å²) in [4.78, 5) is 27.8. The molecule has 1 atom stereocenters. The highest BCUT2D eigenvalue weighted by atomic mass is 32.1. The molecule has 1 aliphatic rings. The largest absolute Gasteiger partial charge is 0.507 e. The van der Waals surface area contributed by atoms with Crippen molar-refractivity contribution in [1.82, 2.24) is 0 Å². The number of hydrogen-bond acceptors (Lipinski definition) is 4. The first kappa shape index (κ1) is 19.1. The van der Waals surface area contributed by atoms with Crippen LogP contribution in [0.3, 0.4) is 0 Å². The Balaban J connectivity index is 1.94. The van der Waals surface area contributed by atoms with Crippen LogP contribution in [0.4, 0.5) is 10.1 Å². The van der Waals surface area contributed by atoms with Crippen LogP contribution in [0.1, 0.15) is 27.6 Å². The number of anilines is 1. The lowest BCUT2D eigenvalue weighted by molar-refractivity contribution is -0.132. The highest BCUT2D eigenvalue weighted by Gasteiger charge is 2.47. The Bertz CT molecular complexity index is 1150. The third-order valence-corrected chi connectivity index (χ3v) is 6.05. The molecular formula is C23H18FNO3S. The van der Waals surface area contributed by atoms with E-state index in [1.165, 1.54) is 34.4 Å². The summed E-state index contributed by atoms with van der Waals surface area (Å²) in [5, 5.41) is 12.9. The number of Topliss-reactive ketones (excluding diaryl/α,β-unsaturated/α-hetero) is 1. The second-order valence-electron chi connectivity index (χ2n) is 6.96. The van der Waals surface area contributed by atoms with Crippen molar-refractivity contribution in [3.8, 4) is 0 Å². The number of benzene rings is 2. The van der Waals surface area contributed by atoms with E-state index in [1.807, 2.05) is 31.4 Å². The fraction of sp³-hybridized carbons (Fsp3) is 0.130. The van der Waals surface area contributed by atoms with Crippen LogP contribution in [0.15, 0.2) is 65.6 Å². The number of nitrogens with zero attached hydrogens (tertiary/aromatic N) is 1. The summed E-state index contributed by atoms with van der Waals surface area (Å²) in [5.41, 5.74) is 2.75. The van der Waals surface area contributed by atoms with Crippen molar-refractivity contribution >= 4 is 34.5 Å². The molecule has 3 aromatic rings. The Kier molecular flexibility index (Phi) is 4.80. The number of carbonyl (C=O) groups is 2. The number of aliphatic hydroxyl groups is 1. The monoisotopic (exact) mass is 407 g/mol. The first-order valence-corrected chi connectivity index (χ1v) is 9.94. The van der Waals surface area contributed by atoms with Crippen molar-refractivity contribution < 1.29 is 19.1 Å². The Hall–Kier alpha value is -3.25. The fourth-order valence-electron chi connectivity index (χ4n) is 3.49. The molecule has 1 saturated heterocycles. The standard InChI is InChI=1S/C23H18FNO3S/c1-13-8-9-15(11-14(13)2)21(26)19-20(18-7-4-10-29-18)25(23(28)22(19)27)17-6-3-5-16(24)12-17/h3-12,20,26H,1-2H3/b21-19-. The maximum atomic E-state index is 13.8. The molecule has 0 bridgehead atoms. The predicted octanol–water partition coefficient (Wildman–Crippen LogP) is 5.13. The summed E-state index contributed by atoms with van der Waals surface area (Å²) in [7, 11) is 0. The Labute approximate surface area is 171 Å². The van der Waals surface area contributed by atoms with Crippen LogP contribution in [0.5, 0.6) is 0 Å². The number of aliphatic hydroxyl groups excluding tert-OH is 1. The zero-order valence-electron chi connectivity index (χ0n) is 15.8. The first-order valence-electron chi connectivity index (χ1n) is 9.06. The lowest BCUT2D eigenvalue weighted by Crippen LogP contribution is -2.29. The third kappa shape index (κ3) is 3.25. The van der Waals surface area contributed by atoms with Gasteiger partial charge in [-0.3, -0.25) is 14.5 Å². The number of aryl methyl sites for hydroxylation is 2. The summed E-state index contributed by atoms with van der Waals surface area (Å²) in [6, 6.07) is 13.7. The van der Waals surface area contributed by atoms with Crippen LogP contribution in [-0.2, 0) is 9.59 Å². The number of ketones is 1. The zero-order chi connectivity index (χ0) is 20.7. The molecule has 0 radical (unpaired) electrons. The van der Waals surface area contributed by atoms with Gasteiger partial charge in [-0.05, 0) is 60.7 Å². The molecule has 1 fully saturated rings. The topological polar surface area (TPSA) is 57.6 Å². The van der Waals surface area contributed by atoms with E-state index >= 15 is 0 Å². The molecule has 4 rings (SSSR count). The van der Waals surface area contributed by atoms with Crippen molar-refractivity contribution in [3.63, 3.8) is 0 Å². The highest BCUT2D eigenvalue weighted by Crippen LogP contribution is 2.43. The van der Waals surface area contributed by atoms with Gasteiger partial charge in [-0.15, -0.1) is 11.3 Å². The van der Waals surface area contributed by atoms with Gasteiger partial charge in [-0.1, -0.05) is 24.3 Å². The molecule has 1 amide bonds. The molecule has 146 valence electrons. The zero-order valence-corrected chi connectivity index (χ0v) is 16.7. The fourth-order valence-corrected chi connectivity index (χ4v) is 4.31. The van der Waals surface area contributed by atoms with Crippen molar-refractivity contribution in [1.29, 1.82) is 0 Å². The minimum atomic E-state index is -0.821. The highest BCUT2D eigenvalue weighted by molar-refractivity contribution is 7.10. The van der Waals surface area contributed by atoms with Crippen LogP contribution >= 0.6 is 11.3 Å². The summed E-state index contributed by atoms with van der Waals surface area (Å²) in [6.07, 6.45) is 0. The Morgan fingerprint density at radius 2 is 1.83 bits per heavy atom. The molecule has 0 aliphatic carbocycles. The molecule has 1 aliphatic heterocycles. The average Bonchev–Trinajstić information content (AvgIpc) is 3.31. The van der Waals surface area contributed by atoms with E-state index in [1.54, 1.807) is 24.3 Å². The normalized spacial score (nSPS) is 18.4. The summed E-state index contributed by atoms with van der Waals surface area (Å²) in [6.45, 7) is 3.86. The molecule has 4 nitrogen and oxygen atoms in total. The van der Waals surface area contributed by atoms with E-state index in [9.17, 15) is 19.1 Å². The van der Waals surface area contributed by atoms with Crippen LogP contribution < -0.4 is 4.90 Å². The van der Waals surface area contributed by atoms with E-state index < -0.39 is 23.5 Å². The van der Waals surface area contributed by atoms with Gasteiger partial charge in [0.1, 0.15) is 17.6 Å². The average molecular weight is 407 g/mol. The van der Waals surface area contributed by atoms with E-state index in [2.05, 4.69) is 0 Å². The Morgan fingerprint density at radius 3 is 2.48 bits per heavy atom. The van der Waals surface area contributed by atoms with E-state index in [0.29, 0.717) is 10.4 Å². The number of rotatable bonds is 3. The predicted molar refractivity (Wildman–Crippen MR) is 111 cm³/mol. The van der Waals surface area contributed by atoms with Crippen LogP contribution in [0.25, 0.3) is 5.76 Å². The van der Waals surface area contributed by atoms with Gasteiger partial charge in [0.05, 0.1) is 5.57 Å². The van der Waals surface area contributed by atoms with Crippen LogP contribution in [-0.4, -0.2) is 16.8 Å². The minimum Gasteiger partial charge on any atom is -0.507 e. The minimum absolute atomic E-state index is 0.00460. The number of thiophene rings is 1. The van der Waals surface area contributed by atoms with Crippen molar-refractivity contribution in [2.75, 3.05) is 4.90 Å². The van der Waals surface area contributed by atoms with Gasteiger partial charge in [-0.25, -0.2) is 4.39 Å². The van der Waals surface area contributed by atoms with E-state index in [0.717, 1.165) is 11.1 Å². The number of amides is 1. The van der Waals surface area contributed by atoms with Gasteiger partial charge >= 0.3 is 0 Å². The SMILES string of the molecule is Cc1ccc(/C(O)=C2/C(=O)C(=O)N(c3cccc(F)c3)C2c2cccs2)cc1C. The molecule has 0 saturated carbocycles. The molecule has 2 heterocycles. The number of halogens is 1. The van der Waals surface area contributed by atoms with Gasteiger partial charge in [0, 0.05) is 16.1 Å². The molecule has 1 N–H and O–H groups in total. The van der Waals surface area contributed by atoms with Crippen LogP contribution in [0, 0.1) is 19.7 Å². The van der Waals surface area contributed by atoms with Gasteiger partial charge in [0.2, 0.25) is 0 Å². The number of carbonyl (C=O) groups excluding carboxylic acids is 2. The van der Waals surface area contributed by atoms with Crippen molar-refractivity contribution in [2.45, 2.75) is 19.9 Å². The van der Waals surface area contributed by atoms with E-state index in [-0.39, 0.29) is 17.0 Å². The Morgan fingerprint density at radius 1 is 1.03 bits per heavy atom. The van der Waals surface area contributed by atoms with Crippen molar-refractivity contribution in [3.05, 3.63) is 92.9 Å². The maximum Gasteiger partial charge on any atom is 0.300 e. The van der Waals surface area contributed by atoms with Crippen molar-refractivity contribution in [2.24, 2.45) is 0 Å². The summed E-state index contributed by atoms with van der Waals surface area (Å²) in [5.74, 6) is -2.32. The number of hydrogen-bond donors (Lipinski definition) is 1. The van der Waals surface area contributed by atoms with Gasteiger partial charge in [0.25, 0.3) is 11.7 Å². The third-order valence-electron chi connectivity index (χ3n) is 5.12. The molecule has 1 aromatic heterocycles. The molecule has 29 heavy (non-hydrogen) atoms. The molecular weight excluding hydrogens is 389 g/mol. The molecule has 0 spiro atoms. The van der Waals surface area contributed by atoms with Gasteiger partial charge < -0.3 is 5.11 Å². The maximum absolute atomic E-state index is 13.8. The lowest BCUT2D eigenvalue weighted by atomic mass is 9.97. The summed E-state index contributed by atoms with van der Waals surface area (Å²) >= 11 is 1.36. The second kappa shape index (κ2) is 7.29. The summed E-state index contributed by atoms with van der Waals surface area (Å²) < 4.78 is 13.8. The lowest BCUT2D eigenvalue weighted by Gasteiger charge is -2.24. The van der Waals surface area contributed by atoms with Gasteiger partial charge in [-0.2, -0.15) is 0 Å². The van der Waals surface area contributed by atoms with Crippen LogP contribution in [0.2, 0.25) is 0 Å². The second-order valence-corrected chi connectivity index (χ2v) is 7.94. The molecule has 2 aromatic carbocycles. The quantitative estimate of drug-likeness (QED) is 0.372. The van der Waals surface area contributed by atoms with E-state index in [4.69, 9.17) is 0 Å². The van der Waals surface area contributed by atoms with Gasteiger partial charge in [0.15, 0.2) is 0 Å². The first-order chi connectivity index (χ1) is 13.9. The molecule has 6 heteroatoms.